The summed E-state index contributed by atoms with van der Waals surface area (Å²) in [7, 11) is 0. The lowest BCUT2D eigenvalue weighted by atomic mass is 9.53. The third kappa shape index (κ3) is 1.51. The summed E-state index contributed by atoms with van der Waals surface area (Å²) >= 11 is 2.05. The molecule has 3 nitrogen and oxygen atoms in total. The highest BCUT2D eigenvalue weighted by atomic mass is 32.2. The number of carboxylic acids is 1. The Labute approximate surface area is 112 Å². The molecule has 1 atom stereocenters. The first-order valence-electron chi connectivity index (χ1n) is 7.32. The minimum absolute atomic E-state index is 0.120. The highest BCUT2D eigenvalue weighted by molar-refractivity contribution is 8.00. The average molecular weight is 267 g/mol. The summed E-state index contributed by atoms with van der Waals surface area (Å²) < 4.78 is 0. The normalized spacial score (nSPS) is 53.9. The van der Waals surface area contributed by atoms with Crippen LogP contribution in [0.5, 0.6) is 0 Å². The zero-order valence-corrected chi connectivity index (χ0v) is 11.4. The number of carbonyl (C=O) groups is 1. The Morgan fingerprint density at radius 3 is 2.28 bits per heavy atom. The summed E-state index contributed by atoms with van der Waals surface area (Å²) in [5, 5.41) is 12.9. The predicted molar refractivity (Wildman–Crippen MR) is 71.4 cm³/mol. The third-order valence-electron chi connectivity index (χ3n) is 5.80. The lowest BCUT2D eigenvalue weighted by Gasteiger charge is -2.62. The Morgan fingerprint density at radius 2 is 1.72 bits per heavy atom. The predicted octanol–water partition coefficient (Wildman–Crippen LogP) is 2.32. The number of hydrogen-bond acceptors (Lipinski definition) is 3. The number of carboxylic acid groups (broad SMARTS) is 1. The smallest absolute Gasteiger partial charge is 0.320 e. The van der Waals surface area contributed by atoms with Gasteiger partial charge in [-0.25, -0.2) is 0 Å². The van der Waals surface area contributed by atoms with Crippen molar-refractivity contribution in [2.24, 2.45) is 23.7 Å². The largest absolute Gasteiger partial charge is 0.480 e. The maximum atomic E-state index is 11.3. The second-order valence-electron chi connectivity index (χ2n) is 6.77. The molecule has 100 valence electrons. The van der Waals surface area contributed by atoms with Gasteiger partial charge < -0.3 is 5.11 Å². The van der Waals surface area contributed by atoms with Crippen molar-refractivity contribution in [1.82, 2.24) is 5.32 Å². The summed E-state index contributed by atoms with van der Waals surface area (Å²) in [5.41, 5.74) is 0. The monoisotopic (exact) mass is 267 g/mol. The zero-order valence-electron chi connectivity index (χ0n) is 10.6. The van der Waals surface area contributed by atoms with Gasteiger partial charge in [-0.05, 0) is 67.9 Å². The molecule has 2 N–H and O–H groups in total. The summed E-state index contributed by atoms with van der Waals surface area (Å²) in [6.45, 7) is 0. The molecule has 1 heterocycles. The van der Waals surface area contributed by atoms with Gasteiger partial charge in [-0.15, -0.1) is 11.8 Å². The van der Waals surface area contributed by atoms with Gasteiger partial charge in [-0.3, -0.25) is 10.1 Å². The summed E-state index contributed by atoms with van der Waals surface area (Å²) in [6, 6.07) is -0.302. The van der Waals surface area contributed by atoms with E-state index in [1.807, 2.05) is 11.8 Å². The van der Waals surface area contributed by atoms with Crippen LogP contribution >= 0.6 is 11.8 Å². The highest BCUT2D eigenvalue weighted by Gasteiger charge is 2.59. The van der Waals surface area contributed by atoms with Crippen molar-refractivity contribution in [3.8, 4) is 0 Å². The second kappa shape index (κ2) is 3.89. The van der Waals surface area contributed by atoms with Gasteiger partial charge in [0.05, 0.1) is 4.87 Å². The van der Waals surface area contributed by atoms with E-state index in [1.54, 1.807) is 0 Å². The van der Waals surface area contributed by atoms with E-state index in [4.69, 9.17) is 0 Å². The van der Waals surface area contributed by atoms with Crippen LogP contribution in [0.2, 0.25) is 0 Å². The molecule has 0 aromatic heterocycles. The molecule has 4 aliphatic carbocycles. The van der Waals surface area contributed by atoms with Crippen molar-refractivity contribution < 1.29 is 9.90 Å². The maximum Gasteiger partial charge on any atom is 0.320 e. The molecule has 1 aliphatic heterocycles. The highest BCUT2D eigenvalue weighted by Crippen LogP contribution is 2.62. The number of nitrogens with one attached hydrogen (secondary N) is 1. The van der Waals surface area contributed by atoms with E-state index >= 15 is 0 Å². The molecule has 5 rings (SSSR count). The number of aliphatic carboxylic acids is 1. The Morgan fingerprint density at radius 1 is 1.11 bits per heavy atom. The van der Waals surface area contributed by atoms with Crippen molar-refractivity contribution in [3.63, 3.8) is 0 Å². The first kappa shape index (κ1) is 11.6. The minimum Gasteiger partial charge on any atom is -0.480 e. The van der Waals surface area contributed by atoms with Gasteiger partial charge in [0.25, 0.3) is 0 Å². The Balaban J connectivity index is 1.64. The van der Waals surface area contributed by atoms with Gasteiger partial charge in [0.1, 0.15) is 6.04 Å². The van der Waals surface area contributed by atoms with E-state index in [9.17, 15) is 9.90 Å². The molecular weight excluding hydrogens is 246 g/mol. The van der Waals surface area contributed by atoms with Crippen molar-refractivity contribution >= 4 is 17.7 Å². The standard InChI is InChI=1S/C14H21NO2S/c16-13(17)12-1-2-18-14(15-12)10-4-8-3-9(6-10)7-11(14)5-8/h8-12,15H,1-7H2,(H,16,17). The SMILES string of the molecule is O=C(O)C1CCSC2(N1)C1CC3CC(C1)CC2C3. The molecule has 4 heteroatoms. The lowest BCUT2D eigenvalue weighted by Crippen LogP contribution is -2.67. The second-order valence-corrected chi connectivity index (χ2v) is 8.14. The van der Waals surface area contributed by atoms with Gasteiger partial charge in [0.15, 0.2) is 0 Å². The number of hydrogen-bond donors (Lipinski definition) is 2. The van der Waals surface area contributed by atoms with Gasteiger partial charge in [-0.2, -0.15) is 0 Å². The van der Waals surface area contributed by atoms with Crippen LogP contribution in [0.1, 0.15) is 38.5 Å². The fourth-order valence-electron chi connectivity index (χ4n) is 5.27. The lowest BCUT2D eigenvalue weighted by molar-refractivity contribution is -0.141. The molecule has 0 aromatic carbocycles. The van der Waals surface area contributed by atoms with Crippen LogP contribution < -0.4 is 5.32 Å². The topological polar surface area (TPSA) is 49.3 Å². The van der Waals surface area contributed by atoms with Crippen LogP contribution in [0.15, 0.2) is 0 Å². The average Bonchev–Trinajstić information content (AvgIpc) is 2.35. The Kier molecular flexibility index (Phi) is 2.50. The summed E-state index contributed by atoms with van der Waals surface area (Å²) in [5.74, 6) is 3.74. The number of rotatable bonds is 1. The van der Waals surface area contributed by atoms with Crippen molar-refractivity contribution in [1.29, 1.82) is 0 Å². The fourth-order valence-corrected chi connectivity index (χ4v) is 7.05. The molecule has 0 aromatic rings. The zero-order chi connectivity index (χ0) is 12.3. The fraction of sp³-hybridized carbons (Fsp3) is 0.929. The molecule has 1 spiro atoms. The molecule has 4 bridgehead atoms. The van der Waals surface area contributed by atoms with Crippen LogP contribution in [-0.4, -0.2) is 27.7 Å². The van der Waals surface area contributed by atoms with Crippen LogP contribution in [0.4, 0.5) is 0 Å². The van der Waals surface area contributed by atoms with Crippen molar-refractivity contribution in [2.45, 2.75) is 49.4 Å². The first-order chi connectivity index (χ1) is 8.67. The van der Waals surface area contributed by atoms with E-state index in [0.29, 0.717) is 0 Å². The first-order valence-corrected chi connectivity index (χ1v) is 8.30. The molecule has 5 fully saturated rings. The number of thioether (sulfide) groups is 1. The van der Waals surface area contributed by atoms with E-state index < -0.39 is 5.97 Å². The van der Waals surface area contributed by atoms with Crippen LogP contribution in [-0.2, 0) is 4.79 Å². The molecule has 0 amide bonds. The van der Waals surface area contributed by atoms with Crippen LogP contribution in [0.3, 0.4) is 0 Å². The quantitative estimate of drug-likeness (QED) is 0.765. The molecular formula is C14H21NO2S. The molecule has 1 unspecified atom stereocenters. The van der Waals surface area contributed by atoms with Crippen molar-refractivity contribution in [3.05, 3.63) is 0 Å². The van der Waals surface area contributed by atoms with Crippen LogP contribution in [0, 0.1) is 23.7 Å². The molecule has 1 saturated heterocycles. The van der Waals surface area contributed by atoms with E-state index in [1.165, 1.54) is 32.1 Å². The molecule has 0 radical (unpaired) electrons. The van der Waals surface area contributed by atoms with E-state index in [2.05, 4.69) is 5.32 Å². The molecule has 18 heavy (non-hydrogen) atoms. The summed E-state index contributed by atoms with van der Waals surface area (Å²) in [4.78, 5) is 11.4. The minimum atomic E-state index is -0.650. The van der Waals surface area contributed by atoms with E-state index in [0.717, 1.165) is 35.8 Å². The van der Waals surface area contributed by atoms with E-state index in [-0.39, 0.29) is 10.9 Å². The van der Waals surface area contributed by atoms with Gasteiger partial charge in [0, 0.05) is 0 Å². The maximum absolute atomic E-state index is 11.3. The third-order valence-corrected chi connectivity index (χ3v) is 7.50. The summed E-state index contributed by atoms with van der Waals surface area (Å²) in [6.07, 6.45) is 7.63. The Hall–Kier alpha value is -0.220. The van der Waals surface area contributed by atoms with Gasteiger partial charge in [-0.1, -0.05) is 0 Å². The molecule has 4 saturated carbocycles. The Bertz CT molecular complexity index is 356. The molecule has 5 aliphatic rings. The van der Waals surface area contributed by atoms with Gasteiger partial charge >= 0.3 is 5.97 Å². The van der Waals surface area contributed by atoms with Crippen LogP contribution in [0.25, 0.3) is 0 Å². The van der Waals surface area contributed by atoms with Gasteiger partial charge in [0.2, 0.25) is 0 Å². The van der Waals surface area contributed by atoms with Crippen molar-refractivity contribution in [2.75, 3.05) is 5.75 Å².